The predicted octanol–water partition coefficient (Wildman–Crippen LogP) is 4.75. The zero-order valence-corrected chi connectivity index (χ0v) is 11.3. The van der Waals surface area contributed by atoms with Crippen molar-refractivity contribution in [2.24, 2.45) is 0 Å². The molecule has 0 aliphatic heterocycles. The highest BCUT2D eigenvalue weighted by atomic mass is 35.5. The van der Waals surface area contributed by atoms with Crippen molar-refractivity contribution in [1.29, 1.82) is 0 Å². The molecule has 0 aromatic heterocycles. The third-order valence-corrected chi connectivity index (χ3v) is 3.18. The Bertz CT molecular complexity index is 574. The van der Waals surface area contributed by atoms with Gasteiger partial charge in [0.1, 0.15) is 0 Å². The molecule has 2 N–H and O–H groups in total. The molecule has 0 radical (unpaired) electrons. The summed E-state index contributed by atoms with van der Waals surface area (Å²) in [5, 5.41) is 13.1. The second kappa shape index (κ2) is 5.93. The number of hydrogen-bond acceptors (Lipinski definition) is 2. The molecule has 0 spiro atoms. The SMILES string of the molecule is CCC(Nc1ccc(O)c(F)c1)c1cccc(Cl)c1. The lowest BCUT2D eigenvalue weighted by Crippen LogP contribution is -2.09. The van der Waals surface area contributed by atoms with Crippen molar-refractivity contribution < 1.29 is 9.50 Å². The quantitative estimate of drug-likeness (QED) is 0.792. The van der Waals surface area contributed by atoms with Gasteiger partial charge in [0.2, 0.25) is 0 Å². The lowest BCUT2D eigenvalue weighted by Gasteiger charge is -2.19. The Labute approximate surface area is 116 Å². The minimum absolute atomic E-state index is 0.0441. The number of aromatic hydroxyl groups is 1. The van der Waals surface area contributed by atoms with Crippen LogP contribution < -0.4 is 5.32 Å². The van der Waals surface area contributed by atoms with E-state index in [-0.39, 0.29) is 11.8 Å². The standard InChI is InChI=1S/C15H15ClFNO/c1-2-14(10-4-3-5-11(16)8-10)18-12-6-7-15(19)13(17)9-12/h3-9,14,18-19H,2H2,1H3. The molecule has 1 unspecified atom stereocenters. The average molecular weight is 280 g/mol. The third-order valence-electron chi connectivity index (χ3n) is 2.95. The van der Waals surface area contributed by atoms with Gasteiger partial charge < -0.3 is 10.4 Å². The summed E-state index contributed by atoms with van der Waals surface area (Å²) in [5.41, 5.74) is 1.67. The van der Waals surface area contributed by atoms with Crippen molar-refractivity contribution in [3.8, 4) is 5.75 Å². The van der Waals surface area contributed by atoms with Crippen LogP contribution in [0.15, 0.2) is 42.5 Å². The molecule has 0 fully saturated rings. The topological polar surface area (TPSA) is 32.3 Å². The first-order valence-corrected chi connectivity index (χ1v) is 6.48. The van der Waals surface area contributed by atoms with Crippen LogP contribution in [0.4, 0.5) is 10.1 Å². The van der Waals surface area contributed by atoms with E-state index in [1.54, 1.807) is 6.07 Å². The number of rotatable bonds is 4. The number of phenolic OH excluding ortho intramolecular Hbond substituents is 1. The maximum atomic E-state index is 13.3. The van der Waals surface area contributed by atoms with E-state index >= 15 is 0 Å². The van der Waals surface area contributed by atoms with E-state index in [4.69, 9.17) is 16.7 Å². The summed E-state index contributed by atoms with van der Waals surface area (Å²) in [6.07, 6.45) is 0.836. The molecule has 2 aromatic rings. The average Bonchev–Trinajstić information content (AvgIpc) is 2.40. The van der Waals surface area contributed by atoms with Gasteiger partial charge in [0.15, 0.2) is 11.6 Å². The molecule has 100 valence electrons. The highest BCUT2D eigenvalue weighted by Gasteiger charge is 2.10. The molecule has 0 saturated carbocycles. The van der Waals surface area contributed by atoms with E-state index in [1.165, 1.54) is 12.1 Å². The van der Waals surface area contributed by atoms with Gasteiger partial charge in [-0.1, -0.05) is 30.7 Å². The first-order valence-electron chi connectivity index (χ1n) is 6.10. The predicted molar refractivity (Wildman–Crippen MR) is 76.2 cm³/mol. The number of benzene rings is 2. The molecule has 2 aromatic carbocycles. The highest BCUT2D eigenvalue weighted by Crippen LogP contribution is 2.26. The van der Waals surface area contributed by atoms with Crippen LogP contribution in [0.2, 0.25) is 5.02 Å². The Morgan fingerprint density at radius 2 is 2.05 bits per heavy atom. The lowest BCUT2D eigenvalue weighted by molar-refractivity contribution is 0.432. The van der Waals surface area contributed by atoms with Gasteiger partial charge in [-0.05, 0) is 36.2 Å². The van der Waals surface area contributed by atoms with Crippen LogP contribution >= 0.6 is 11.6 Å². The summed E-state index contributed by atoms with van der Waals surface area (Å²) in [6, 6.07) is 11.9. The molecule has 0 aliphatic carbocycles. The number of phenols is 1. The fourth-order valence-electron chi connectivity index (χ4n) is 1.94. The fourth-order valence-corrected chi connectivity index (χ4v) is 2.14. The molecule has 0 bridgehead atoms. The maximum absolute atomic E-state index is 13.3. The van der Waals surface area contributed by atoms with E-state index in [2.05, 4.69) is 5.32 Å². The van der Waals surface area contributed by atoms with Crippen LogP contribution in [-0.4, -0.2) is 5.11 Å². The second-order valence-corrected chi connectivity index (χ2v) is 4.76. The summed E-state index contributed by atoms with van der Waals surface area (Å²) < 4.78 is 13.3. The Hall–Kier alpha value is -1.74. The van der Waals surface area contributed by atoms with E-state index in [0.29, 0.717) is 10.7 Å². The van der Waals surface area contributed by atoms with Gasteiger partial charge in [0.05, 0.1) is 6.04 Å². The van der Waals surface area contributed by atoms with Gasteiger partial charge in [0, 0.05) is 16.8 Å². The molecule has 0 amide bonds. The van der Waals surface area contributed by atoms with Gasteiger partial charge >= 0.3 is 0 Å². The summed E-state index contributed by atoms with van der Waals surface area (Å²) in [4.78, 5) is 0. The van der Waals surface area contributed by atoms with Crippen LogP contribution in [0.5, 0.6) is 5.75 Å². The van der Waals surface area contributed by atoms with Crippen molar-refractivity contribution in [1.82, 2.24) is 0 Å². The number of halogens is 2. The zero-order chi connectivity index (χ0) is 13.8. The minimum atomic E-state index is -0.633. The Morgan fingerprint density at radius 1 is 1.26 bits per heavy atom. The lowest BCUT2D eigenvalue weighted by atomic mass is 10.0. The van der Waals surface area contributed by atoms with Gasteiger partial charge in [-0.2, -0.15) is 0 Å². The van der Waals surface area contributed by atoms with E-state index in [0.717, 1.165) is 12.0 Å². The van der Waals surface area contributed by atoms with Crippen LogP contribution in [-0.2, 0) is 0 Å². The van der Waals surface area contributed by atoms with Gasteiger partial charge in [0.25, 0.3) is 0 Å². The Morgan fingerprint density at radius 3 is 2.68 bits per heavy atom. The highest BCUT2D eigenvalue weighted by molar-refractivity contribution is 6.30. The second-order valence-electron chi connectivity index (χ2n) is 4.33. The zero-order valence-electron chi connectivity index (χ0n) is 10.5. The molecule has 19 heavy (non-hydrogen) atoms. The van der Waals surface area contributed by atoms with E-state index < -0.39 is 5.82 Å². The van der Waals surface area contributed by atoms with Crippen LogP contribution in [0.1, 0.15) is 24.9 Å². The largest absolute Gasteiger partial charge is 0.505 e. The van der Waals surface area contributed by atoms with Crippen LogP contribution in [0.25, 0.3) is 0 Å². The molecule has 4 heteroatoms. The monoisotopic (exact) mass is 279 g/mol. The molecular formula is C15H15ClFNO. The van der Waals surface area contributed by atoms with Gasteiger partial charge in [-0.25, -0.2) is 4.39 Å². The van der Waals surface area contributed by atoms with E-state index in [1.807, 2.05) is 31.2 Å². The normalized spacial score (nSPS) is 12.2. The van der Waals surface area contributed by atoms with Crippen molar-refractivity contribution in [3.63, 3.8) is 0 Å². The third kappa shape index (κ3) is 3.38. The molecule has 1 atom stereocenters. The van der Waals surface area contributed by atoms with Crippen molar-refractivity contribution in [2.45, 2.75) is 19.4 Å². The molecule has 0 aliphatic rings. The van der Waals surface area contributed by atoms with Crippen molar-refractivity contribution >= 4 is 17.3 Å². The van der Waals surface area contributed by atoms with Gasteiger partial charge in [-0.3, -0.25) is 0 Å². The molecule has 0 heterocycles. The summed E-state index contributed by atoms with van der Waals surface area (Å²) in [6.45, 7) is 2.04. The van der Waals surface area contributed by atoms with Gasteiger partial charge in [-0.15, -0.1) is 0 Å². The van der Waals surface area contributed by atoms with Crippen LogP contribution in [0, 0.1) is 5.82 Å². The molecular weight excluding hydrogens is 265 g/mol. The molecule has 2 rings (SSSR count). The number of hydrogen-bond donors (Lipinski definition) is 2. The first-order chi connectivity index (χ1) is 9.10. The smallest absolute Gasteiger partial charge is 0.166 e. The summed E-state index contributed by atoms with van der Waals surface area (Å²) >= 11 is 5.97. The minimum Gasteiger partial charge on any atom is -0.505 e. The fraction of sp³-hybridized carbons (Fsp3) is 0.200. The first kappa shape index (κ1) is 13.7. The Balaban J connectivity index is 2.21. The van der Waals surface area contributed by atoms with E-state index in [9.17, 15) is 4.39 Å². The maximum Gasteiger partial charge on any atom is 0.166 e. The Kier molecular flexibility index (Phi) is 4.27. The number of nitrogens with one attached hydrogen (secondary N) is 1. The summed E-state index contributed by atoms with van der Waals surface area (Å²) in [7, 11) is 0. The molecule has 0 saturated heterocycles. The summed E-state index contributed by atoms with van der Waals surface area (Å²) in [5.74, 6) is -0.979. The molecule has 2 nitrogen and oxygen atoms in total. The number of anilines is 1. The van der Waals surface area contributed by atoms with Crippen molar-refractivity contribution in [2.75, 3.05) is 5.32 Å². The van der Waals surface area contributed by atoms with Crippen LogP contribution in [0.3, 0.4) is 0 Å². The van der Waals surface area contributed by atoms with Crippen molar-refractivity contribution in [3.05, 3.63) is 58.9 Å².